The molecule has 0 amide bonds. The highest BCUT2D eigenvalue weighted by molar-refractivity contribution is 6.37. The zero-order valence-corrected chi connectivity index (χ0v) is 18.8. The topological polar surface area (TPSA) is 103 Å². The van der Waals surface area contributed by atoms with Gasteiger partial charge in [0.25, 0.3) is 0 Å². The van der Waals surface area contributed by atoms with Gasteiger partial charge >= 0.3 is 11.7 Å². The summed E-state index contributed by atoms with van der Waals surface area (Å²) >= 11 is 0. The second kappa shape index (κ2) is 7.72. The van der Waals surface area contributed by atoms with E-state index in [0.29, 0.717) is 36.0 Å². The van der Waals surface area contributed by atoms with Crippen molar-refractivity contribution in [2.45, 2.75) is 96.2 Å². The lowest BCUT2D eigenvalue weighted by atomic mass is 9.48. The van der Waals surface area contributed by atoms with Crippen molar-refractivity contribution >= 4 is 11.7 Å². The first-order chi connectivity index (χ1) is 14.2. The number of esters is 1. The van der Waals surface area contributed by atoms with Crippen LogP contribution in [0.2, 0.25) is 0 Å². The molecule has 0 aromatic rings. The van der Waals surface area contributed by atoms with Crippen LogP contribution in [-0.4, -0.2) is 44.5 Å². The van der Waals surface area contributed by atoms with Crippen LogP contribution in [0.3, 0.4) is 0 Å². The molecule has 8 atom stereocenters. The molecule has 6 heteroatoms. The molecule has 1 unspecified atom stereocenters. The van der Waals surface area contributed by atoms with Crippen molar-refractivity contribution in [1.29, 1.82) is 0 Å². The van der Waals surface area contributed by atoms with Crippen LogP contribution in [-0.2, 0) is 9.53 Å². The molecule has 0 aromatic carbocycles. The average Bonchev–Trinajstić information content (AvgIpc) is 3.00. The maximum Gasteiger partial charge on any atom is 0.420 e. The third-order valence-corrected chi connectivity index (χ3v) is 9.87. The first-order valence-corrected chi connectivity index (χ1v) is 12.1. The lowest BCUT2D eigenvalue weighted by Gasteiger charge is -2.57. The number of hydrogen-bond acceptors (Lipinski definition) is 4. The number of fused-ring (bicyclic) bond motifs is 5. The fraction of sp³-hybridized carbons (Fsp3) is 0.917. The number of hydrogen-bond donors (Lipinski definition) is 2. The summed E-state index contributed by atoms with van der Waals surface area (Å²) in [7, 11) is 0. The Morgan fingerprint density at radius 2 is 1.77 bits per heavy atom. The van der Waals surface area contributed by atoms with Gasteiger partial charge in [0, 0.05) is 5.41 Å². The lowest BCUT2D eigenvalue weighted by Crippen LogP contribution is -2.59. The Labute approximate surface area is 180 Å². The maximum atomic E-state index is 12.4. The van der Waals surface area contributed by atoms with E-state index in [2.05, 4.69) is 18.6 Å². The van der Waals surface area contributed by atoms with Gasteiger partial charge in [0.15, 0.2) is 5.60 Å². The minimum Gasteiger partial charge on any atom is -0.457 e. The van der Waals surface area contributed by atoms with Crippen molar-refractivity contribution in [3.63, 3.8) is 0 Å². The van der Waals surface area contributed by atoms with Gasteiger partial charge in [0.1, 0.15) is 0 Å². The Hall–Kier alpha value is -1.23. The zero-order chi connectivity index (χ0) is 21.7. The quantitative estimate of drug-likeness (QED) is 0.314. The molecular weight excluding hydrogens is 380 g/mol. The van der Waals surface area contributed by atoms with Crippen LogP contribution in [0.4, 0.5) is 0 Å². The lowest BCUT2D eigenvalue weighted by molar-refractivity contribution is -0.153. The Morgan fingerprint density at radius 3 is 2.43 bits per heavy atom. The van der Waals surface area contributed by atoms with Gasteiger partial charge in [-0.2, -0.15) is 4.79 Å². The van der Waals surface area contributed by atoms with Gasteiger partial charge in [-0.25, -0.2) is 4.79 Å². The molecule has 0 saturated heterocycles. The SMILES string of the molecule is CCOC(=O)C(=[N+]=[N-])C1(O)CC[C@H]2[C@@H]3CC[C@@H]4C[C@@](O)(CC)CC[C@@H]4[C@H]3CC[C@@]21C. The highest BCUT2D eigenvalue weighted by Gasteiger charge is 2.69. The van der Waals surface area contributed by atoms with Crippen molar-refractivity contribution in [1.82, 2.24) is 0 Å². The molecule has 4 saturated carbocycles. The van der Waals surface area contributed by atoms with Crippen molar-refractivity contribution in [3.8, 4) is 0 Å². The van der Waals surface area contributed by atoms with Gasteiger partial charge in [0.05, 0.1) is 12.2 Å². The van der Waals surface area contributed by atoms with Crippen LogP contribution in [0.1, 0.15) is 85.0 Å². The number of nitrogens with zero attached hydrogens (tertiary/aromatic N) is 2. The Balaban J connectivity index is 1.57. The second-order valence-corrected chi connectivity index (χ2v) is 10.8. The summed E-state index contributed by atoms with van der Waals surface area (Å²) in [5, 5.41) is 22.5. The summed E-state index contributed by atoms with van der Waals surface area (Å²) in [5.41, 5.74) is 7.01. The molecule has 0 radical (unpaired) electrons. The van der Waals surface area contributed by atoms with Crippen molar-refractivity contribution in [2.24, 2.45) is 35.0 Å². The molecule has 2 N–H and O–H groups in total. The fourth-order valence-corrected chi connectivity index (χ4v) is 8.18. The van der Waals surface area contributed by atoms with Crippen molar-refractivity contribution < 1.29 is 24.5 Å². The molecule has 4 aliphatic carbocycles. The van der Waals surface area contributed by atoms with E-state index in [1.807, 2.05) is 0 Å². The summed E-state index contributed by atoms with van der Waals surface area (Å²) in [6.45, 7) is 6.09. The van der Waals surface area contributed by atoms with Crippen molar-refractivity contribution in [3.05, 3.63) is 5.53 Å². The number of ether oxygens (including phenoxy) is 1. The van der Waals surface area contributed by atoms with Gasteiger partial charge in [-0.1, -0.05) is 13.8 Å². The van der Waals surface area contributed by atoms with E-state index in [4.69, 9.17) is 4.74 Å². The molecule has 0 heterocycles. The molecule has 4 fully saturated rings. The van der Waals surface area contributed by atoms with Crippen LogP contribution >= 0.6 is 0 Å². The molecular formula is C24H38N2O4. The van der Waals surface area contributed by atoms with Gasteiger partial charge in [-0.05, 0) is 101 Å². The Kier molecular flexibility index (Phi) is 5.66. The predicted molar refractivity (Wildman–Crippen MR) is 113 cm³/mol. The van der Waals surface area contributed by atoms with Gasteiger partial charge in [-0.3, -0.25) is 0 Å². The summed E-state index contributed by atoms with van der Waals surface area (Å²) in [6.07, 6.45) is 9.23. The van der Waals surface area contributed by atoms with Gasteiger partial charge in [0.2, 0.25) is 0 Å². The van der Waals surface area contributed by atoms with E-state index in [1.165, 1.54) is 0 Å². The van der Waals surface area contributed by atoms with E-state index >= 15 is 0 Å². The second-order valence-electron chi connectivity index (χ2n) is 10.8. The molecule has 0 bridgehead atoms. The number of carbonyl (C=O) groups is 1. The summed E-state index contributed by atoms with van der Waals surface area (Å²) in [4.78, 5) is 15.7. The van der Waals surface area contributed by atoms with Crippen LogP contribution < -0.4 is 0 Å². The van der Waals surface area contributed by atoms with Gasteiger partial charge in [-0.15, -0.1) is 0 Å². The van der Waals surface area contributed by atoms with Crippen LogP contribution in [0, 0.1) is 35.0 Å². The third kappa shape index (κ3) is 3.10. The predicted octanol–water partition coefficient (Wildman–Crippen LogP) is 3.75. The molecule has 168 valence electrons. The average molecular weight is 419 g/mol. The van der Waals surface area contributed by atoms with E-state index in [0.717, 1.165) is 57.8 Å². The molecule has 0 aliphatic heterocycles. The number of rotatable bonds is 4. The van der Waals surface area contributed by atoms with E-state index in [-0.39, 0.29) is 12.3 Å². The monoisotopic (exact) mass is 418 g/mol. The maximum absolute atomic E-state index is 12.4. The summed E-state index contributed by atoms with van der Waals surface area (Å²) < 4.78 is 5.09. The Bertz CT molecular complexity index is 749. The molecule has 0 spiro atoms. The minimum absolute atomic E-state index is 0.186. The smallest absolute Gasteiger partial charge is 0.420 e. The standard InChI is InChI=1S/C24H38N2O4/c1-4-23(28)12-9-16-15(14-23)6-7-18-17(16)8-11-22(3)19(18)10-13-24(22,29)20(26-25)21(27)30-5-2/h15-19,28-29H,4-14H2,1-3H3/t15-,16+,17-,18-,19+,22+,23-,24?/m1/s1. The van der Waals surface area contributed by atoms with Crippen LogP contribution in [0.15, 0.2) is 0 Å². The minimum atomic E-state index is -1.44. The molecule has 0 aromatic heterocycles. The third-order valence-electron chi connectivity index (χ3n) is 9.87. The van der Waals surface area contributed by atoms with Crippen LogP contribution in [0.25, 0.3) is 5.53 Å². The van der Waals surface area contributed by atoms with Crippen LogP contribution in [0.5, 0.6) is 0 Å². The summed E-state index contributed by atoms with van der Waals surface area (Å²) in [5.74, 6) is 2.08. The van der Waals surface area contributed by atoms with Crippen molar-refractivity contribution in [2.75, 3.05) is 6.61 Å². The fourth-order valence-electron chi connectivity index (χ4n) is 8.18. The highest BCUT2D eigenvalue weighted by Crippen LogP contribution is 2.66. The van der Waals surface area contributed by atoms with E-state index in [9.17, 15) is 20.5 Å². The first-order valence-electron chi connectivity index (χ1n) is 12.1. The molecule has 4 aliphatic rings. The first kappa shape index (κ1) is 22.0. The number of aliphatic hydroxyl groups is 2. The zero-order valence-electron chi connectivity index (χ0n) is 18.8. The van der Waals surface area contributed by atoms with E-state index < -0.39 is 22.6 Å². The number of carbonyl (C=O) groups excluding carboxylic acids is 1. The van der Waals surface area contributed by atoms with Gasteiger partial charge < -0.3 is 20.5 Å². The highest BCUT2D eigenvalue weighted by atomic mass is 16.5. The Morgan fingerprint density at radius 1 is 1.03 bits per heavy atom. The largest absolute Gasteiger partial charge is 0.457 e. The molecule has 4 rings (SSSR count). The molecule has 30 heavy (non-hydrogen) atoms. The summed E-state index contributed by atoms with van der Waals surface area (Å²) in [6, 6.07) is 0. The molecule has 6 nitrogen and oxygen atoms in total. The normalized spacial score (nSPS) is 47.4. The van der Waals surface area contributed by atoms with E-state index in [1.54, 1.807) is 6.92 Å².